The molecule has 8 nitrogen and oxygen atoms in total. The summed E-state index contributed by atoms with van der Waals surface area (Å²) in [4.78, 5) is 15.2. The van der Waals surface area contributed by atoms with Crippen molar-refractivity contribution in [2.45, 2.75) is 32.9 Å². The van der Waals surface area contributed by atoms with Crippen LogP contribution in [-0.4, -0.2) is 62.8 Å². The average Bonchev–Trinajstić information content (AvgIpc) is 3.18. The zero-order chi connectivity index (χ0) is 21.7. The van der Waals surface area contributed by atoms with Crippen molar-refractivity contribution in [3.63, 3.8) is 0 Å². The van der Waals surface area contributed by atoms with Crippen LogP contribution in [0.3, 0.4) is 0 Å². The van der Waals surface area contributed by atoms with Crippen molar-refractivity contribution in [2.75, 3.05) is 38.2 Å². The highest BCUT2D eigenvalue weighted by molar-refractivity contribution is 5.85. The number of likely N-dealkylation sites (tertiary alicyclic amines) is 1. The fourth-order valence-electron chi connectivity index (χ4n) is 3.58. The molecule has 3 N–H and O–H groups in total. The lowest BCUT2D eigenvalue weighted by molar-refractivity contribution is 0.163. The van der Waals surface area contributed by atoms with Crippen molar-refractivity contribution in [2.24, 2.45) is 0 Å². The van der Waals surface area contributed by atoms with Crippen LogP contribution in [0.2, 0.25) is 0 Å². The lowest BCUT2D eigenvalue weighted by Crippen LogP contribution is -2.32. The molecule has 3 aromatic heterocycles. The molecule has 0 aliphatic carbocycles. The van der Waals surface area contributed by atoms with Gasteiger partial charge in [-0.25, -0.2) is 18.9 Å². The van der Waals surface area contributed by atoms with Gasteiger partial charge in [-0.05, 0) is 46.3 Å². The molecule has 0 saturated carbocycles. The SMILES string of the molecule is C/C=C(/c1ccn2nccc2n1)c1c(C)nc(N)nc1NC.CN1CCC[C@@H](F)C1. The van der Waals surface area contributed by atoms with Crippen LogP contribution in [0.15, 0.2) is 30.6 Å². The number of alkyl halides is 1. The van der Waals surface area contributed by atoms with Crippen LogP contribution in [0.25, 0.3) is 11.2 Å². The molecule has 0 aromatic carbocycles. The second-order valence-electron chi connectivity index (χ2n) is 7.29. The predicted molar refractivity (Wildman–Crippen MR) is 118 cm³/mol. The molecule has 1 saturated heterocycles. The number of piperidine rings is 1. The monoisotopic (exact) mass is 412 g/mol. The molecule has 1 atom stereocenters. The number of rotatable bonds is 3. The maximum absolute atomic E-state index is 12.4. The number of anilines is 2. The van der Waals surface area contributed by atoms with Crippen molar-refractivity contribution in [3.05, 3.63) is 47.6 Å². The molecule has 30 heavy (non-hydrogen) atoms. The minimum atomic E-state index is -0.561. The van der Waals surface area contributed by atoms with Crippen molar-refractivity contribution < 1.29 is 4.39 Å². The molecule has 3 aromatic rings. The molecule has 1 aliphatic rings. The van der Waals surface area contributed by atoms with E-state index in [0.29, 0.717) is 12.4 Å². The zero-order valence-corrected chi connectivity index (χ0v) is 17.9. The second kappa shape index (κ2) is 9.62. The summed E-state index contributed by atoms with van der Waals surface area (Å²) in [5.74, 6) is 0.938. The van der Waals surface area contributed by atoms with Crippen LogP contribution in [-0.2, 0) is 0 Å². The number of hydrogen-bond acceptors (Lipinski definition) is 7. The van der Waals surface area contributed by atoms with E-state index in [-0.39, 0.29) is 5.95 Å². The molecule has 9 heteroatoms. The van der Waals surface area contributed by atoms with E-state index in [9.17, 15) is 4.39 Å². The van der Waals surface area contributed by atoms with E-state index in [1.165, 1.54) is 0 Å². The van der Waals surface area contributed by atoms with Gasteiger partial charge < -0.3 is 16.0 Å². The van der Waals surface area contributed by atoms with Gasteiger partial charge in [-0.1, -0.05) is 6.08 Å². The molecule has 160 valence electrons. The van der Waals surface area contributed by atoms with Crippen LogP contribution < -0.4 is 11.1 Å². The minimum absolute atomic E-state index is 0.250. The van der Waals surface area contributed by atoms with Gasteiger partial charge in [0.25, 0.3) is 0 Å². The van der Waals surface area contributed by atoms with Crippen molar-refractivity contribution in [1.82, 2.24) is 29.5 Å². The van der Waals surface area contributed by atoms with Gasteiger partial charge in [0.15, 0.2) is 5.65 Å². The number of nitrogens with zero attached hydrogens (tertiary/aromatic N) is 6. The third kappa shape index (κ3) is 4.91. The molecule has 4 heterocycles. The summed E-state index contributed by atoms with van der Waals surface area (Å²) in [6, 6.07) is 3.78. The molecule has 0 amide bonds. The Morgan fingerprint density at radius 1 is 1.30 bits per heavy atom. The van der Waals surface area contributed by atoms with Gasteiger partial charge in [-0.15, -0.1) is 0 Å². The summed E-state index contributed by atoms with van der Waals surface area (Å²) >= 11 is 0. The lowest BCUT2D eigenvalue weighted by Gasteiger charge is -2.24. The van der Waals surface area contributed by atoms with E-state index in [1.807, 2.05) is 57.2 Å². The Balaban J connectivity index is 0.000000269. The van der Waals surface area contributed by atoms with Gasteiger partial charge in [-0.2, -0.15) is 10.1 Å². The van der Waals surface area contributed by atoms with Gasteiger partial charge in [-0.3, -0.25) is 0 Å². The first-order valence-electron chi connectivity index (χ1n) is 10.0. The summed E-state index contributed by atoms with van der Waals surface area (Å²) in [7, 11) is 3.78. The third-order valence-electron chi connectivity index (χ3n) is 5.00. The lowest BCUT2D eigenvalue weighted by atomic mass is 10.0. The summed E-state index contributed by atoms with van der Waals surface area (Å²) in [6.45, 7) is 5.59. The van der Waals surface area contributed by atoms with Gasteiger partial charge >= 0.3 is 0 Å². The third-order valence-corrected chi connectivity index (χ3v) is 5.00. The summed E-state index contributed by atoms with van der Waals surface area (Å²) in [5.41, 5.74) is 10.0. The van der Waals surface area contributed by atoms with Crippen molar-refractivity contribution >= 4 is 23.0 Å². The van der Waals surface area contributed by atoms with Crippen LogP contribution in [0, 0.1) is 6.92 Å². The number of aromatic nitrogens is 5. The summed E-state index contributed by atoms with van der Waals surface area (Å²) in [6.07, 6.45) is 6.83. The summed E-state index contributed by atoms with van der Waals surface area (Å²) < 4.78 is 14.1. The Labute approximate surface area is 176 Å². The number of fused-ring (bicyclic) bond motifs is 1. The molecule has 1 aliphatic heterocycles. The van der Waals surface area contributed by atoms with E-state index >= 15 is 0 Å². The van der Waals surface area contributed by atoms with Crippen LogP contribution in [0.4, 0.5) is 16.2 Å². The zero-order valence-electron chi connectivity index (χ0n) is 17.9. The number of nitrogens with one attached hydrogen (secondary N) is 1. The number of nitrogens with two attached hydrogens (primary N) is 1. The molecular formula is C21H29FN8. The Hall–Kier alpha value is -3.07. The Kier molecular flexibility index (Phi) is 6.94. The Morgan fingerprint density at radius 3 is 2.73 bits per heavy atom. The highest BCUT2D eigenvalue weighted by Gasteiger charge is 2.17. The number of hydrogen-bond donors (Lipinski definition) is 2. The molecule has 4 rings (SSSR count). The number of aryl methyl sites for hydroxylation is 1. The Bertz CT molecular complexity index is 1020. The Morgan fingerprint density at radius 2 is 2.10 bits per heavy atom. The molecule has 1 fully saturated rings. The largest absolute Gasteiger partial charge is 0.372 e. The maximum Gasteiger partial charge on any atom is 0.222 e. The predicted octanol–water partition coefficient (Wildman–Crippen LogP) is 2.95. The maximum atomic E-state index is 12.4. The smallest absolute Gasteiger partial charge is 0.222 e. The highest BCUT2D eigenvalue weighted by atomic mass is 19.1. The quantitative estimate of drug-likeness (QED) is 0.682. The topological polar surface area (TPSA) is 97.3 Å². The number of allylic oxidation sites excluding steroid dienone is 1. The number of nitrogen functional groups attached to an aromatic ring is 1. The molecule has 0 bridgehead atoms. The molecule has 0 unspecified atom stereocenters. The van der Waals surface area contributed by atoms with E-state index in [4.69, 9.17) is 5.73 Å². The first kappa shape index (κ1) is 21.6. The normalized spacial score (nSPS) is 17.5. The molecule has 0 radical (unpaired) electrons. The van der Waals surface area contributed by atoms with Crippen LogP contribution in [0.5, 0.6) is 0 Å². The number of halogens is 1. The van der Waals surface area contributed by atoms with E-state index in [1.54, 1.807) is 10.7 Å². The first-order valence-corrected chi connectivity index (χ1v) is 10.0. The van der Waals surface area contributed by atoms with E-state index in [2.05, 4.69) is 25.4 Å². The fraction of sp³-hybridized carbons (Fsp3) is 0.429. The van der Waals surface area contributed by atoms with Gasteiger partial charge in [0.05, 0.1) is 17.6 Å². The molecular weight excluding hydrogens is 383 g/mol. The van der Waals surface area contributed by atoms with Crippen LogP contribution in [0.1, 0.15) is 36.7 Å². The van der Waals surface area contributed by atoms with Gasteiger partial charge in [0, 0.05) is 37.0 Å². The van der Waals surface area contributed by atoms with Crippen molar-refractivity contribution in [1.29, 1.82) is 0 Å². The molecule has 0 spiro atoms. The van der Waals surface area contributed by atoms with Gasteiger partial charge in [0.1, 0.15) is 12.0 Å². The van der Waals surface area contributed by atoms with E-state index < -0.39 is 6.17 Å². The fourth-order valence-corrected chi connectivity index (χ4v) is 3.58. The second-order valence-corrected chi connectivity index (χ2v) is 7.29. The van der Waals surface area contributed by atoms with Crippen LogP contribution >= 0.6 is 0 Å². The summed E-state index contributed by atoms with van der Waals surface area (Å²) in [5, 5.41) is 7.24. The van der Waals surface area contributed by atoms with E-state index in [0.717, 1.165) is 47.6 Å². The van der Waals surface area contributed by atoms with Crippen molar-refractivity contribution in [3.8, 4) is 0 Å². The minimum Gasteiger partial charge on any atom is -0.372 e. The van der Waals surface area contributed by atoms with Gasteiger partial charge in [0.2, 0.25) is 5.95 Å². The first-order chi connectivity index (χ1) is 14.4. The highest BCUT2D eigenvalue weighted by Crippen LogP contribution is 2.30. The standard InChI is InChI=1S/C15H17N7.C6H12FN/c1-4-10(11-6-8-22-12(20-11)5-7-18-22)13-9(2)19-15(16)21-14(13)17-3;1-8-4-2-3-6(7)5-8/h4-8H,1-3H3,(H3,16,17,19,21);6H,2-5H2,1H3/b10-4-;/t;6-/m.1/s1. The average molecular weight is 413 g/mol.